The smallest absolute Gasteiger partial charge is 0.317 e. The summed E-state index contributed by atoms with van der Waals surface area (Å²) in [6.45, 7) is 13.2. The highest BCUT2D eigenvalue weighted by Gasteiger charge is 2.40. The number of fused-ring (bicyclic) bond motifs is 1. The molecule has 1 fully saturated rings. The third-order valence-corrected chi connectivity index (χ3v) is 11.5. The molecule has 4 N–H and O–H groups in total. The normalized spacial score (nSPS) is 17.4. The zero-order valence-electron chi connectivity index (χ0n) is 20.3. The fourth-order valence-electron chi connectivity index (χ4n) is 4.05. The van der Waals surface area contributed by atoms with E-state index in [0.717, 1.165) is 36.9 Å². The highest BCUT2D eigenvalue weighted by atomic mass is 28.4. The molecule has 9 heteroatoms. The van der Waals surface area contributed by atoms with Crippen LogP contribution in [0.4, 0.5) is 0 Å². The number of aliphatic carboxylic acids is 1. The number of phenols is 1. The lowest BCUT2D eigenvalue weighted by Gasteiger charge is -2.40. The Balaban J connectivity index is 1.84. The first-order chi connectivity index (χ1) is 15.4. The van der Waals surface area contributed by atoms with E-state index in [9.17, 15) is 14.7 Å². The van der Waals surface area contributed by atoms with Gasteiger partial charge in [-0.25, -0.2) is 0 Å². The van der Waals surface area contributed by atoms with Gasteiger partial charge >= 0.3 is 5.97 Å². The van der Waals surface area contributed by atoms with Crippen molar-refractivity contribution in [3.63, 3.8) is 0 Å². The van der Waals surface area contributed by atoms with Crippen molar-refractivity contribution in [3.05, 3.63) is 40.2 Å². The van der Waals surface area contributed by atoms with Crippen LogP contribution in [0.15, 0.2) is 29.1 Å². The van der Waals surface area contributed by atoms with Gasteiger partial charge in [-0.3, -0.25) is 14.5 Å². The van der Waals surface area contributed by atoms with Crippen LogP contribution in [0.1, 0.15) is 45.3 Å². The van der Waals surface area contributed by atoms with Crippen LogP contribution in [0.25, 0.3) is 10.9 Å². The Hall–Kier alpha value is -2.20. The molecule has 1 saturated heterocycles. The highest BCUT2D eigenvalue weighted by molar-refractivity contribution is 6.74. The number of benzene rings is 1. The number of pyridine rings is 1. The minimum Gasteiger partial charge on any atom is -0.506 e. The zero-order valence-corrected chi connectivity index (χ0v) is 21.3. The number of nitrogens with one attached hydrogen (secondary N) is 2. The number of aromatic nitrogens is 1. The SMILES string of the molecule is CC(C)(C)[Si](C)(C)O[C@H](CNC1CCN(CC(=O)O)CC1)c1ccc(O)c2[nH]c(=O)ccc12. The van der Waals surface area contributed by atoms with Crippen molar-refractivity contribution in [2.75, 3.05) is 26.2 Å². The number of piperidine rings is 1. The number of aromatic hydroxyl groups is 1. The first-order valence-electron chi connectivity index (χ1n) is 11.6. The second-order valence-electron chi connectivity index (χ2n) is 10.5. The van der Waals surface area contributed by atoms with Crippen LogP contribution in [0.3, 0.4) is 0 Å². The fraction of sp³-hybridized carbons (Fsp3) is 0.583. The summed E-state index contributed by atoms with van der Waals surface area (Å²) in [6, 6.07) is 6.99. The number of aromatic amines is 1. The summed E-state index contributed by atoms with van der Waals surface area (Å²) in [5, 5.41) is 23.8. The van der Waals surface area contributed by atoms with Crippen molar-refractivity contribution < 1.29 is 19.4 Å². The van der Waals surface area contributed by atoms with Crippen molar-refractivity contribution in [1.82, 2.24) is 15.2 Å². The summed E-state index contributed by atoms with van der Waals surface area (Å²) in [6.07, 6.45) is 1.50. The van der Waals surface area contributed by atoms with E-state index in [4.69, 9.17) is 9.53 Å². The predicted molar refractivity (Wildman–Crippen MR) is 132 cm³/mol. The molecule has 1 aromatic heterocycles. The number of phenolic OH excluding ortho intramolecular Hbond substituents is 1. The quantitative estimate of drug-likeness (QED) is 0.432. The lowest BCUT2D eigenvalue weighted by atomic mass is 10.0. The van der Waals surface area contributed by atoms with Gasteiger partial charge < -0.3 is 24.9 Å². The van der Waals surface area contributed by atoms with E-state index in [1.807, 2.05) is 11.0 Å². The number of nitrogens with zero attached hydrogens (tertiary/aromatic N) is 1. The average Bonchev–Trinajstić information content (AvgIpc) is 2.71. The number of carbonyl (C=O) groups is 1. The molecule has 0 aliphatic carbocycles. The third kappa shape index (κ3) is 6.23. The molecule has 0 unspecified atom stereocenters. The summed E-state index contributed by atoms with van der Waals surface area (Å²) < 4.78 is 6.85. The largest absolute Gasteiger partial charge is 0.506 e. The van der Waals surface area contributed by atoms with Crippen LogP contribution in [-0.4, -0.2) is 66.6 Å². The van der Waals surface area contributed by atoms with Crippen LogP contribution in [-0.2, 0) is 9.22 Å². The summed E-state index contributed by atoms with van der Waals surface area (Å²) >= 11 is 0. The molecule has 1 aliphatic rings. The molecule has 0 amide bonds. The highest BCUT2D eigenvalue weighted by Crippen LogP contribution is 2.41. The van der Waals surface area contributed by atoms with Crippen LogP contribution >= 0.6 is 0 Å². The van der Waals surface area contributed by atoms with Gasteiger partial charge in [-0.2, -0.15) is 0 Å². The molecule has 182 valence electrons. The van der Waals surface area contributed by atoms with Gasteiger partial charge in [-0.15, -0.1) is 0 Å². The molecule has 1 aliphatic heterocycles. The number of hydrogen-bond donors (Lipinski definition) is 4. The molecular formula is C24H37N3O5Si. The minimum absolute atomic E-state index is 0.0223. The van der Waals surface area contributed by atoms with Crippen LogP contribution in [0.2, 0.25) is 18.1 Å². The van der Waals surface area contributed by atoms with Crippen LogP contribution in [0, 0.1) is 0 Å². The molecule has 33 heavy (non-hydrogen) atoms. The zero-order chi connectivity index (χ0) is 24.4. The number of carboxylic acid groups (broad SMARTS) is 1. The number of likely N-dealkylation sites (tertiary alicyclic amines) is 1. The summed E-state index contributed by atoms with van der Waals surface area (Å²) in [5.41, 5.74) is 1.09. The lowest BCUT2D eigenvalue weighted by Crippen LogP contribution is -2.47. The summed E-state index contributed by atoms with van der Waals surface area (Å²) in [4.78, 5) is 27.6. The molecule has 0 radical (unpaired) electrons. The molecule has 3 rings (SSSR count). The van der Waals surface area contributed by atoms with E-state index in [-0.39, 0.29) is 35.0 Å². The first-order valence-corrected chi connectivity index (χ1v) is 14.5. The van der Waals surface area contributed by atoms with Gasteiger partial charge in [0, 0.05) is 37.1 Å². The Morgan fingerprint density at radius 1 is 1.24 bits per heavy atom. The molecule has 2 aromatic rings. The van der Waals surface area contributed by atoms with E-state index < -0.39 is 14.3 Å². The predicted octanol–water partition coefficient (Wildman–Crippen LogP) is 3.44. The van der Waals surface area contributed by atoms with E-state index in [1.54, 1.807) is 12.1 Å². The Morgan fingerprint density at radius 2 is 1.91 bits per heavy atom. The maximum Gasteiger partial charge on any atom is 0.317 e. The Morgan fingerprint density at radius 3 is 2.52 bits per heavy atom. The van der Waals surface area contributed by atoms with E-state index >= 15 is 0 Å². The molecule has 8 nitrogen and oxygen atoms in total. The Bertz CT molecular complexity index is 1040. The van der Waals surface area contributed by atoms with Crippen molar-refractivity contribution >= 4 is 25.2 Å². The second-order valence-corrected chi connectivity index (χ2v) is 15.3. The molecule has 0 spiro atoms. The monoisotopic (exact) mass is 475 g/mol. The van der Waals surface area contributed by atoms with Gasteiger partial charge in [0.15, 0.2) is 8.32 Å². The number of H-pyrrole nitrogens is 1. The molecule has 0 saturated carbocycles. The van der Waals surface area contributed by atoms with Gasteiger partial charge in [0.2, 0.25) is 5.56 Å². The molecule has 2 heterocycles. The molecule has 0 bridgehead atoms. The van der Waals surface area contributed by atoms with Crippen LogP contribution in [0.5, 0.6) is 5.75 Å². The van der Waals surface area contributed by atoms with Crippen molar-refractivity contribution in [2.45, 2.75) is 63.9 Å². The standard InChI is InChI=1S/C24H37N3O5Si/c1-24(2,3)33(4,5)32-20(14-25-16-10-12-27(13-11-16)15-22(30)31)17-6-8-19(28)23-18(17)7-9-21(29)26-23/h6-9,16,20,25,28H,10-15H2,1-5H3,(H,26,29)(H,30,31)/t20-/m1/s1. The summed E-state index contributed by atoms with van der Waals surface area (Å²) in [5.74, 6) is -0.752. The van der Waals surface area contributed by atoms with E-state index in [2.05, 4.69) is 44.2 Å². The van der Waals surface area contributed by atoms with E-state index in [0.29, 0.717) is 12.1 Å². The number of hydrogen-bond acceptors (Lipinski definition) is 6. The van der Waals surface area contributed by atoms with Gasteiger partial charge in [0.1, 0.15) is 5.75 Å². The van der Waals surface area contributed by atoms with Crippen LogP contribution < -0.4 is 10.9 Å². The average molecular weight is 476 g/mol. The minimum atomic E-state index is -2.13. The van der Waals surface area contributed by atoms with Crippen molar-refractivity contribution in [2.24, 2.45) is 0 Å². The van der Waals surface area contributed by atoms with Crippen molar-refractivity contribution in [1.29, 1.82) is 0 Å². The van der Waals surface area contributed by atoms with E-state index in [1.165, 1.54) is 6.07 Å². The van der Waals surface area contributed by atoms with Gasteiger partial charge in [0.25, 0.3) is 0 Å². The van der Waals surface area contributed by atoms with Gasteiger partial charge in [-0.05, 0) is 48.7 Å². The van der Waals surface area contributed by atoms with Gasteiger partial charge in [-0.1, -0.05) is 26.8 Å². The number of rotatable bonds is 8. The summed E-state index contributed by atoms with van der Waals surface area (Å²) in [7, 11) is -2.13. The third-order valence-electron chi connectivity index (χ3n) is 7.04. The first kappa shape index (κ1) is 25.4. The second kappa shape index (κ2) is 9.96. The Labute approximate surface area is 196 Å². The molecule has 1 aromatic carbocycles. The maximum absolute atomic E-state index is 11.9. The van der Waals surface area contributed by atoms with Crippen molar-refractivity contribution in [3.8, 4) is 5.75 Å². The molecular weight excluding hydrogens is 438 g/mol. The lowest BCUT2D eigenvalue weighted by molar-refractivity contribution is -0.138. The molecule has 1 atom stereocenters. The topological polar surface area (TPSA) is 115 Å². The maximum atomic E-state index is 11.9. The van der Waals surface area contributed by atoms with Gasteiger partial charge in [0.05, 0.1) is 18.2 Å². The fourth-order valence-corrected chi connectivity index (χ4v) is 5.32. The Kier molecular flexibility index (Phi) is 7.68. The number of carboxylic acids is 1.